The van der Waals surface area contributed by atoms with Crippen LogP contribution in [0.15, 0.2) is 206 Å². The average Bonchev–Trinajstić information content (AvgIpc) is 3.43. The standard InChI is InChI=1S/C17H14O5.C16H12O3.C16H14O3.C11H12O3/c18-16(14-6-8-15(9-7-14)17(19)20)10-5-12-1-3-13(4-2-12)11-22-21;17-15(11-6-12-4-2-1-3-5-12)13-7-9-14(10-8-13)16(18)19;17-16(15-4-2-1-3-5-15)11-10-13-6-8-14(9-7-13)12-19-18;1-9(12)2-3-10-4-6-11(7-5-10)8-14-13/h1-10,21H,11H2,(H,19,20);1-11H,(H,18,19);1-11,18H,12H2;2-7,13H,8H2,1H3/b10-5+;11-6+;11-10+;3-2+. The summed E-state index contributed by atoms with van der Waals surface area (Å²) < 4.78 is 0. The number of rotatable bonds is 19. The SMILES string of the molecule is CC(=O)/C=C/c1ccc(COO)cc1.O=C(/C=C/c1ccc(COO)cc1)c1ccccc1.O=C(O)c1ccc(C(=O)/C=C/c2ccc(COO)cc2)cc1.O=C(O)c1ccc(C(=O)/C=C/c2ccccc2)cc1. The highest BCUT2D eigenvalue weighted by Gasteiger charge is 2.07. The Kier molecular flexibility index (Phi) is 24.8. The van der Waals surface area contributed by atoms with Crippen LogP contribution in [0.25, 0.3) is 24.3 Å². The van der Waals surface area contributed by atoms with Crippen LogP contribution in [0.5, 0.6) is 0 Å². The molecule has 376 valence electrons. The molecule has 0 saturated carbocycles. The normalized spacial score (nSPS) is 10.7. The molecule has 0 aliphatic carbocycles. The van der Waals surface area contributed by atoms with E-state index in [2.05, 4.69) is 14.7 Å². The summed E-state index contributed by atoms with van der Waals surface area (Å²) >= 11 is 0. The number of hydrogen-bond acceptors (Lipinski definition) is 12. The van der Waals surface area contributed by atoms with Crippen LogP contribution in [-0.4, -0.2) is 61.1 Å². The van der Waals surface area contributed by atoms with Crippen LogP contribution < -0.4 is 0 Å². The second kappa shape index (κ2) is 32.0. The van der Waals surface area contributed by atoms with Crippen LogP contribution >= 0.6 is 0 Å². The van der Waals surface area contributed by atoms with E-state index in [1.165, 1.54) is 73.7 Å². The van der Waals surface area contributed by atoms with Crippen molar-refractivity contribution in [2.45, 2.75) is 26.7 Å². The highest BCUT2D eigenvalue weighted by Crippen LogP contribution is 2.13. The van der Waals surface area contributed by atoms with E-state index >= 15 is 0 Å². The molecule has 74 heavy (non-hydrogen) atoms. The van der Waals surface area contributed by atoms with Gasteiger partial charge in [-0.15, -0.1) is 0 Å². The number of carbonyl (C=O) groups excluding carboxylic acids is 4. The Morgan fingerprint density at radius 2 is 0.595 bits per heavy atom. The van der Waals surface area contributed by atoms with E-state index in [0.717, 1.165) is 38.9 Å². The molecule has 0 spiro atoms. The summed E-state index contributed by atoms with van der Waals surface area (Å²) in [5.74, 6) is -2.39. The van der Waals surface area contributed by atoms with Crippen molar-refractivity contribution in [2.75, 3.05) is 0 Å². The molecule has 0 aliphatic heterocycles. The number of allylic oxidation sites excluding steroid dienone is 4. The van der Waals surface area contributed by atoms with Gasteiger partial charge >= 0.3 is 11.9 Å². The highest BCUT2D eigenvalue weighted by molar-refractivity contribution is 6.08. The molecule has 0 heterocycles. The van der Waals surface area contributed by atoms with Crippen LogP contribution in [0.1, 0.15) is 97.7 Å². The molecule has 0 unspecified atom stereocenters. The fourth-order valence-corrected chi connectivity index (χ4v) is 6.14. The first-order valence-corrected chi connectivity index (χ1v) is 22.5. The second-order valence-electron chi connectivity index (χ2n) is 15.6. The van der Waals surface area contributed by atoms with Gasteiger partial charge in [0.1, 0.15) is 19.8 Å². The smallest absolute Gasteiger partial charge is 0.335 e. The Morgan fingerprint density at radius 1 is 0.338 bits per heavy atom. The maximum Gasteiger partial charge on any atom is 0.335 e. The van der Waals surface area contributed by atoms with Gasteiger partial charge in [0.05, 0.1) is 11.1 Å². The number of carbonyl (C=O) groups is 6. The molecule has 14 nitrogen and oxygen atoms in total. The van der Waals surface area contributed by atoms with Crippen molar-refractivity contribution in [3.63, 3.8) is 0 Å². The van der Waals surface area contributed by atoms with Crippen molar-refractivity contribution in [2.24, 2.45) is 0 Å². The predicted molar refractivity (Wildman–Crippen MR) is 281 cm³/mol. The van der Waals surface area contributed by atoms with Gasteiger partial charge in [-0.25, -0.2) is 24.3 Å². The minimum Gasteiger partial charge on any atom is -0.478 e. The molecular formula is C60H52O14. The maximum atomic E-state index is 12.0. The summed E-state index contributed by atoms with van der Waals surface area (Å²) in [4.78, 5) is 79.9. The second-order valence-corrected chi connectivity index (χ2v) is 15.6. The Labute approximate surface area is 427 Å². The Bertz CT molecular complexity index is 3000. The fourth-order valence-electron chi connectivity index (χ4n) is 6.14. The molecule has 5 N–H and O–H groups in total. The highest BCUT2D eigenvalue weighted by atomic mass is 17.1. The molecule has 0 aliphatic rings. The number of benzene rings is 7. The van der Waals surface area contributed by atoms with Crippen LogP contribution in [0.3, 0.4) is 0 Å². The number of hydrogen-bond donors (Lipinski definition) is 5. The van der Waals surface area contributed by atoms with Gasteiger partial charge in [-0.05, 0) is 94.4 Å². The minimum atomic E-state index is -1.03. The van der Waals surface area contributed by atoms with Gasteiger partial charge in [-0.2, -0.15) is 0 Å². The van der Waals surface area contributed by atoms with Crippen LogP contribution in [0.4, 0.5) is 0 Å². The molecule has 0 radical (unpaired) electrons. The Balaban J connectivity index is 0.000000216. The monoisotopic (exact) mass is 996 g/mol. The zero-order valence-electron chi connectivity index (χ0n) is 40.0. The first kappa shape index (κ1) is 57.5. The third-order valence-electron chi connectivity index (χ3n) is 10.1. The van der Waals surface area contributed by atoms with Crippen molar-refractivity contribution < 1.29 is 69.4 Å². The lowest BCUT2D eigenvalue weighted by Gasteiger charge is -1.99. The van der Waals surface area contributed by atoms with E-state index in [4.69, 9.17) is 26.0 Å². The lowest BCUT2D eigenvalue weighted by atomic mass is 10.1. The molecule has 7 aromatic rings. The zero-order chi connectivity index (χ0) is 53.5. The maximum absolute atomic E-state index is 12.0. The van der Waals surface area contributed by atoms with Crippen molar-refractivity contribution in [3.05, 3.63) is 273 Å². The van der Waals surface area contributed by atoms with Crippen molar-refractivity contribution >= 4 is 59.4 Å². The van der Waals surface area contributed by atoms with Gasteiger partial charge in [-0.3, -0.25) is 34.9 Å². The zero-order valence-corrected chi connectivity index (χ0v) is 40.0. The number of aromatic carboxylic acids is 2. The van der Waals surface area contributed by atoms with Crippen LogP contribution in [0.2, 0.25) is 0 Å². The first-order chi connectivity index (χ1) is 35.8. The van der Waals surface area contributed by atoms with Crippen molar-refractivity contribution in [1.82, 2.24) is 0 Å². The topological polar surface area (TPSA) is 231 Å². The molecule has 0 bridgehead atoms. The molecule has 0 aromatic heterocycles. The van der Waals surface area contributed by atoms with Gasteiger partial charge in [-0.1, -0.05) is 182 Å². The fraction of sp³-hybridized carbons (Fsp3) is 0.0667. The average molecular weight is 997 g/mol. The summed E-state index contributed by atoms with van der Waals surface area (Å²) in [5, 5.41) is 42.5. The molecule has 0 amide bonds. The van der Waals surface area contributed by atoms with Crippen molar-refractivity contribution in [3.8, 4) is 0 Å². The largest absolute Gasteiger partial charge is 0.478 e. The van der Waals surface area contributed by atoms with E-state index in [-0.39, 0.29) is 54.1 Å². The summed E-state index contributed by atoms with van der Waals surface area (Å²) in [6, 6.07) is 52.2. The minimum absolute atomic E-state index is 0.0211. The molecule has 0 saturated heterocycles. The van der Waals surface area contributed by atoms with E-state index in [0.29, 0.717) is 16.7 Å². The Hall–Kier alpha value is -9.12. The Morgan fingerprint density at radius 3 is 0.878 bits per heavy atom. The molecule has 7 aromatic carbocycles. The first-order valence-electron chi connectivity index (χ1n) is 22.5. The van der Waals surface area contributed by atoms with E-state index in [1.807, 2.05) is 97.1 Å². The molecule has 0 atom stereocenters. The predicted octanol–water partition coefficient (Wildman–Crippen LogP) is 12.4. The third-order valence-corrected chi connectivity index (χ3v) is 10.1. The third kappa shape index (κ3) is 21.5. The van der Waals surface area contributed by atoms with E-state index in [9.17, 15) is 28.8 Å². The summed E-state index contributed by atoms with van der Waals surface area (Å²) in [6.07, 6.45) is 12.9. The number of carboxylic acid groups (broad SMARTS) is 2. The molecule has 14 heteroatoms. The lowest BCUT2D eigenvalue weighted by Crippen LogP contribution is -1.98. The summed E-state index contributed by atoms with van der Waals surface area (Å²) in [5.41, 5.74) is 8.08. The molecule has 7 rings (SSSR count). The van der Waals surface area contributed by atoms with Gasteiger partial charge < -0.3 is 10.2 Å². The van der Waals surface area contributed by atoms with E-state index < -0.39 is 11.9 Å². The molecule has 0 fully saturated rings. The van der Waals surface area contributed by atoms with Gasteiger partial charge in [0.2, 0.25) is 0 Å². The number of carboxylic acids is 2. The van der Waals surface area contributed by atoms with Crippen molar-refractivity contribution in [1.29, 1.82) is 0 Å². The lowest BCUT2D eigenvalue weighted by molar-refractivity contribution is -0.253. The summed E-state index contributed by atoms with van der Waals surface area (Å²) in [6.45, 7) is 1.95. The summed E-state index contributed by atoms with van der Waals surface area (Å²) in [7, 11) is 0. The quantitative estimate of drug-likeness (QED) is 0.0220. The molecular weight excluding hydrogens is 945 g/mol. The van der Waals surface area contributed by atoms with Crippen LogP contribution in [-0.2, 0) is 39.3 Å². The van der Waals surface area contributed by atoms with E-state index in [1.54, 1.807) is 66.8 Å². The van der Waals surface area contributed by atoms with Crippen LogP contribution in [0, 0.1) is 0 Å². The van der Waals surface area contributed by atoms with Gasteiger partial charge in [0.25, 0.3) is 0 Å². The number of ketones is 4. The van der Waals surface area contributed by atoms with Gasteiger partial charge in [0.15, 0.2) is 23.1 Å². The van der Waals surface area contributed by atoms with Gasteiger partial charge in [0, 0.05) is 16.7 Å².